The van der Waals surface area contributed by atoms with Crippen LogP contribution >= 0.6 is 11.3 Å². The monoisotopic (exact) mass is 217 g/mol. The number of hydrogen-bond acceptors (Lipinski definition) is 3. The van der Waals surface area contributed by atoms with Gasteiger partial charge in [-0.25, -0.2) is 0 Å². The predicted octanol–water partition coefficient (Wildman–Crippen LogP) is 1.39. The Morgan fingerprint density at radius 2 is 2.31 bits per heavy atom. The van der Waals surface area contributed by atoms with Gasteiger partial charge in [0.1, 0.15) is 0 Å². The lowest BCUT2D eigenvalue weighted by Gasteiger charge is -1.99. The summed E-state index contributed by atoms with van der Waals surface area (Å²) >= 11 is 1.69. The van der Waals surface area contributed by atoms with E-state index in [-0.39, 0.29) is 0 Å². The van der Waals surface area contributed by atoms with Crippen LogP contribution in [0.25, 0.3) is 0 Å². The van der Waals surface area contributed by atoms with Crippen molar-refractivity contribution in [1.82, 2.24) is 0 Å². The van der Waals surface area contributed by atoms with Crippen LogP contribution in [0.4, 0.5) is 0 Å². The van der Waals surface area contributed by atoms with Gasteiger partial charge in [-0.05, 0) is 41.8 Å². The fourth-order valence-corrected chi connectivity index (χ4v) is 2.87. The van der Waals surface area contributed by atoms with Gasteiger partial charge >= 0.3 is 0 Å². The lowest BCUT2D eigenvalue weighted by molar-refractivity contribution is 0.680. The standard InChI is InChI=1S/C9H15NOS2/c10-4-1-6-13(11)7-3-9-2-5-12-8-9/h2,5,8H,1,3-4,6-7,10H2. The topological polar surface area (TPSA) is 43.1 Å². The fraction of sp³-hybridized carbons (Fsp3) is 0.556. The van der Waals surface area contributed by atoms with Gasteiger partial charge in [-0.2, -0.15) is 11.3 Å². The number of nitrogens with two attached hydrogens (primary N) is 1. The molecule has 4 heteroatoms. The molecular formula is C9H15NOS2. The van der Waals surface area contributed by atoms with Gasteiger partial charge in [0.25, 0.3) is 0 Å². The summed E-state index contributed by atoms with van der Waals surface area (Å²) in [5.74, 6) is 1.53. The summed E-state index contributed by atoms with van der Waals surface area (Å²) in [5.41, 5.74) is 6.63. The Morgan fingerprint density at radius 3 is 2.92 bits per heavy atom. The molecule has 0 bridgehead atoms. The highest BCUT2D eigenvalue weighted by atomic mass is 32.2. The Morgan fingerprint density at radius 1 is 1.46 bits per heavy atom. The van der Waals surface area contributed by atoms with Crippen LogP contribution in [0.5, 0.6) is 0 Å². The Balaban J connectivity index is 2.15. The van der Waals surface area contributed by atoms with Crippen LogP contribution in [-0.4, -0.2) is 22.3 Å². The third kappa shape index (κ3) is 4.55. The summed E-state index contributed by atoms with van der Waals surface area (Å²) in [6.07, 6.45) is 1.80. The molecule has 1 rings (SSSR count). The number of thiophene rings is 1. The molecule has 0 saturated carbocycles. The highest BCUT2D eigenvalue weighted by Crippen LogP contribution is 2.07. The van der Waals surface area contributed by atoms with Crippen molar-refractivity contribution < 1.29 is 4.21 Å². The van der Waals surface area contributed by atoms with E-state index in [2.05, 4.69) is 16.8 Å². The molecule has 1 aromatic heterocycles. The zero-order valence-corrected chi connectivity index (χ0v) is 9.20. The lowest BCUT2D eigenvalue weighted by atomic mass is 10.3. The first-order valence-electron chi connectivity index (χ1n) is 4.39. The molecule has 1 atom stereocenters. The van der Waals surface area contributed by atoms with Crippen LogP contribution < -0.4 is 5.73 Å². The van der Waals surface area contributed by atoms with Crippen LogP contribution in [0.2, 0.25) is 0 Å². The van der Waals surface area contributed by atoms with Crippen LogP contribution in [0, 0.1) is 0 Å². The predicted molar refractivity (Wildman–Crippen MR) is 59.6 cm³/mol. The maximum atomic E-state index is 11.4. The Hall–Kier alpha value is -0.190. The van der Waals surface area contributed by atoms with Gasteiger partial charge < -0.3 is 5.73 Å². The summed E-state index contributed by atoms with van der Waals surface area (Å²) in [4.78, 5) is 0. The molecule has 74 valence electrons. The molecule has 13 heavy (non-hydrogen) atoms. The van der Waals surface area contributed by atoms with Crippen LogP contribution in [0.3, 0.4) is 0 Å². The fourth-order valence-electron chi connectivity index (χ4n) is 1.01. The first-order valence-corrected chi connectivity index (χ1v) is 6.82. The minimum absolute atomic E-state index is 0.643. The maximum absolute atomic E-state index is 11.4. The van der Waals surface area contributed by atoms with Crippen molar-refractivity contribution >= 4 is 22.1 Å². The molecule has 0 spiro atoms. The Kier molecular flexibility index (Phi) is 5.27. The molecule has 0 fully saturated rings. The van der Waals surface area contributed by atoms with E-state index >= 15 is 0 Å². The summed E-state index contributed by atoms with van der Waals surface area (Å²) in [6, 6.07) is 2.09. The first kappa shape index (κ1) is 10.9. The zero-order valence-electron chi connectivity index (χ0n) is 7.57. The summed E-state index contributed by atoms with van der Waals surface area (Å²) in [5, 5.41) is 4.16. The van der Waals surface area contributed by atoms with Crippen molar-refractivity contribution in [2.75, 3.05) is 18.1 Å². The highest BCUT2D eigenvalue weighted by Gasteiger charge is 2.00. The average molecular weight is 217 g/mol. The number of hydrogen-bond donors (Lipinski definition) is 1. The second-order valence-corrected chi connectivity index (χ2v) is 5.35. The third-order valence-electron chi connectivity index (χ3n) is 1.77. The molecule has 0 aliphatic carbocycles. The molecule has 1 unspecified atom stereocenters. The van der Waals surface area contributed by atoms with Crippen molar-refractivity contribution in [3.63, 3.8) is 0 Å². The van der Waals surface area contributed by atoms with E-state index in [1.54, 1.807) is 11.3 Å². The normalized spacial score (nSPS) is 13.0. The van der Waals surface area contributed by atoms with Crippen molar-refractivity contribution in [2.24, 2.45) is 5.73 Å². The lowest BCUT2D eigenvalue weighted by Crippen LogP contribution is -2.09. The Labute approximate surface area is 85.6 Å². The molecule has 0 saturated heterocycles. The van der Waals surface area contributed by atoms with Gasteiger partial charge in [-0.15, -0.1) is 0 Å². The molecule has 0 aromatic carbocycles. The molecule has 0 aliphatic heterocycles. The third-order valence-corrected chi connectivity index (χ3v) is 3.91. The van der Waals surface area contributed by atoms with E-state index in [4.69, 9.17) is 5.73 Å². The molecule has 1 aromatic rings. The van der Waals surface area contributed by atoms with E-state index in [9.17, 15) is 4.21 Å². The van der Waals surface area contributed by atoms with Gasteiger partial charge in [0.05, 0.1) is 0 Å². The minimum Gasteiger partial charge on any atom is -0.330 e. The van der Waals surface area contributed by atoms with E-state index in [0.29, 0.717) is 6.54 Å². The van der Waals surface area contributed by atoms with E-state index in [1.165, 1.54) is 5.56 Å². The Bertz CT molecular complexity index is 246. The molecule has 0 aliphatic rings. The highest BCUT2D eigenvalue weighted by molar-refractivity contribution is 7.84. The zero-order chi connectivity index (χ0) is 9.52. The van der Waals surface area contributed by atoms with Crippen molar-refractivity contribution in [1.29, 1.82) is 0 Å². The van der Waals surface area contributed by atoms with E-state index in [1.807, 2.05) is 0 Å². The summed E-state index contributed by atoms with van der Waals surface area (Å²) in [7, 11) is -0.680. The SMILES string of the molecule is NCCCS(=O)CCc1ccsc1. The van der Waals surface area contributed by atoms with Crippen molar-refractivity contribution in [3.05, 3.63) is 22.4 Å². The number of rotatable bonds is 6. The average Bonchev–Trinajstić information content (AvgIpc) is 2.64. The molecule has 2 nitrogen and oxygen atoms in total. The molecule has 1 heterocycles. The quantitative estimate of drug-likeness (QED) is 0.782. The second-order valence-electron chi connectivity index (χ2n) is 2.87. The van der Waals surface area contributed by atoms with Crippen molar-refractivity contribution in [2.45, 2.75) is 12.8 Å². The molecule has 2 N–H and O–H groups in total. The van der Waals surface area contributed by atoms with Crippen molar-refractivity contribution in [3.8, 4) is 0 Å². The van der Waals surface area contributed by atoms with Gasteiger partial charge in [0, 0.05) is 22.3 Å². The van der Waals surface area contributed by atoms with Gasteiger partial charge in [-0.1, -0.05) is 0 Å². The van der Waals surface area contributed by atoms with Crippen LogP contribution in [-0.2, 0) is 17.2 Å². The number of aryl methyl sites for hydroxylation is 1. The van der Waals surface area contributed by atoms with E-state index < -0.39 is 10.8 Å². The smallest absolute Gasteiger partial charge is 0.0275 e. The molecule has 0 radical (unpaired) electrons. The van der Waals surface area contributed by atoms with Gasteiger partial charge in [0.15, 0.2) is 0 Å². The maximum Gasteiger partial charge on any atom is 0.0275 e. The summed E-state index contributed by atoms with van der Waals surface area (Å²) in [6.45, 7) is 0.643. The molecule has 0 amide bonds. The van der Waals surface area contributed by atoms with Crippen LogP contribution in [0.1, 0.15) is 12.0 Å². The van der Waals surface area contributed by atoms with Gasteiger partial charge in [-0.3, -0.25) is 4.21 Å². The molecular weight excluding hydrogens is 202 g/mol. The van der Waals surface area contributed by atoms with Crippen LogP contribution in [0.15, 0.2) is 16.8 Å². The van der Waals surface area contributed by atoms with E-state index in [0.717, 1.165) is 24.3 Å². The largest absolute Gasteiger partial charge is 0.330 e. The first-order chi connectivity index (χ1) is 6.33. The minimum atomic E-state index is -0.680. The summed E-state index contributed by atoms with van der Waals surface area (Å²) < 4.78 is 11.4. The second kappa shape index (κ2) is 6.29. The van der Waals surface area contributed by atoms with Gasteiger partial charge in [0.2, 0.25) is 0 Å².